The molecule has 4 rings (SSSR count). The first-order valence-corrected chi connectivity index (χ1v) is 10.1. The number of benzene rings is 2. The summed E-state index contributed by atoms with van der Waals surface area (Å²) in [4.78, 5) is 15.8. The molecule has 142 valence electrons. The van der Waals surface area contributed by atoms with E-state index in [-0.39, 0.29) is 11.9 Å². The quantitative estimate of drug-likeness (QED) is 0.806. The monoisotopic (exact) mass is 388 g/mol. The number of hydrogen-bond donors (Lipinski definition) is 1. The van der Waals surface area contributed by atoms with Crippen LogP contribution in [0.4, 0.5) is 8.78 Å². The second-order valence-corrected chi connectivity index (χ2v) is 8.57. The Balaban J connectivity index is 1.58. The molecule has 0 radical (unpaired) electrons. The normalized spacial score (nSPS) is 25.4. The van der Waals surface area contributed by atoms with Crippen molar-refractivity contribution in [1.82, 2.24) is 4.90 Å². The fourth-order valence-corrected chi connectivity index (χ4v) is 5.36. The van der Waals surface area contributed by atoms with E-state index >= 15 is 0 Å². The van der Waals surface area contributed by atoms with Crippen LogP contribution < -0.4 is 5.73 Å². The molecule has 4 unspecified atom stereocenters. The Morgan fingerprint density at radius 3 is 2.56 bits per heavy atom. The van der Waals surface area contributed by atoms with E-state index in [0.29, 0.717) is 23.3 Å². The molecule has 3 nitrogen and oxygen atoms in total. The number of rotatable bonds is 4. The van der Waals surface area contributed by atoms with Gasteiger partial charge in [0.15, 0.2) is 11.6 Å². The summed E-state index contributed by atoms with van der Waals surface area (Å²) < 4.78 is 26.9. The van der Waals surface area contributed by atoms with Crippen molar-refractivity contribution in [3.05, 3.63) is 65.7 Å². The summed E-state index contributed by atoms with van der Waals surface area (Å²) in [5.41, 5.74) is 7.06. The summed E-state index contributed by atoms with van der Waals surface area (Å²) in [5.74, 6) is -0.922. The Hall–Kier alpha value is -1.92. The minimum Gasteiger partial charge on any atom is -0.341 e. The van der Waals surface area contributed by atoms with Crippen LogP contribution in [0, 0.1) is 23.5 Å². The first-order chi connectivity index (χ1) is 13.0. The molecule has 2 aromatic carbocycles. The van der Waals surface area contributed by atoms with E-state index in [1.165, 1.54) is 17.8 Å². The molecule has 0 aromatic heterocycles. The SMILES string of the molecule is NC1CCC2CN(C(=O)C(Sc3ccc(F)c(F)c3)c3ccccc3)CC12. The van der Waals surface area contributed by atoms with Crippen molar-refractivity contribution in [2.24, 2.45) is 17.6 Å². The predicted molar refractivity (Wildman–Crippen MR) is 102 cm³/mol. The van der Waals surface area contributed by atoms with E-state index in [2.05, 4.69) is 0 Å². The Labute approximate surface area is 161 Å². The lowest BCUT2D eigenvalue weighted by Gasteiger charge is -2.25. The fourth-order valence-electron chi connectivity index (χ4n) is 4.23. The van der Waals surface area contributed by atoms with E-state index in [1.54, 1.807) is 0 Å². The summed E-state index contributed by atoms with van der Waals surface area (Å²) in [6, 6.07) is 13.4. The Morgan fingerprint density at radius 2 is 1.85 bits per heavy atom. The number of likely N-dealkylation sites (tertiary alicyclic amines) is 1. The van der Waals surface area contributed by atoms with Crippen molar-refractivity contribution in [2.45, 2.75) is 29.0 Å². The third-order valence-electron chi connectivity index (χ3n) is 5.70. The van der Waals surface area contributed by atoms with E-state index in [9.17, 15) is 13.6 Å². The lowest BCUT2D eigenvalue weighted by Crippen LogP contribution is -2.35. The van der Waals surface area contributed by atoms with Gasteiger partial charge >= 0.3 is 0 Å². The smallest absolute Gasteiger partial charge is 0.240 e. The van der Waals surface area contributed by atoms with Gasteiger partial charge in [0.1, 0.15) is 5.25 Å². The maximum atomic E-state index is 13.6. The summed E-state index contributed by atoms with van der Waals surface area (Å²) in [7, 11) is 0. The third kappa shape index (κ3) is 3.73. The van der Waals surface area contributed by atoms with Gasteiger partial charge in [-0.3, -0.25) is 4.79 Å². The van der Waals surface area contributed by atoms with Crippen LogP contribution in [0.2, 0.25) is 0 Å². The topological polar surface area (TPSA) is 46.3 Å². The van der Waals surface area contributed by atoms with Gasteiger partial charge in [0.25, 0.3) is 0 Å². The van der Waals surface area contributed by atoms with E-state index < -0.39 is 16.9 Å². The van der Waals surface area contributed by atoms with Crippen molar-refractivity contribution in [3.8, 4) is 0 Å². The van der Waals surface area contributed by atoms with Crippen molar-refractivity contribution in [3.63, 3.8) is 0 Å². The molecule has 0 spiro atoms. The fraction of sp³-hybridized carbons (Fsp3) is 0.381. The molecule has 1 aliphatic carbocycles. The van der Waals surface area contributed by atoms with E-state index in [4.69, 9.17) is 5.73 Å². The van der Waals surface area contributed by atoms with E-state index in [0.717, 1.165) is 37.1 Å². The number of halogens is 2. The molecule has 0 bridgehead atoms. The van der Waals surface area contributed by atoms with Gasteiger partial charge in [-0.15, -0.1) is 11.8 Å². The number of carbonyl (C=O) groups is 1. The zero-order chi connectivity index (χ0) is 19.0. The standard InChI is InChI=1S/C21H22F2N2OS/c22-17-8-7-15(10-18(17)23)27-20(13-4-2-1-3-5-13)21(26)25-11-14-6-9-19(24)16(14)12-25/h1-5,7-8,10,14,16,19-20H,6,9,11-12,24H2. The number of hydrogen-bond acceptors (Lipinski definition) is 3. The van der Waals surface area contributed by atoms with Crippen molar-refractivity contribution < 1.29 is 13.6 Å². The zero-order valence-electron chi connectivity index (χ0n) is 14.9. The van der Waals surface area contributed by atoms with Gasteiger partial charge in [0.2, 0.25) is 5.91 Å². The van der Waals surface area contributed by atoms with Gasteiger partial charge in [-0.05, 0) is 48.4 Å². The highest BCUT2D eigenvalue weighted by Crippen LogP contribution is 2.42. The second kappa shape index (κ2) is 7.60. The lowest BCUT2D eigenvalue weighted by molar-refractivity contribution is -0.130. The van der Waals surface area contributed by atoms with E-state index in [1.807, 2.05) is 35.2 Å². The highest BCUT2D eigenvalue weighted by Gasteiger charge is 2.43. The molecular formula is C21H22F2N2OS. The highest BCUT2D eigenvalue weighted by atomic mass is 32.2. The summed E-state index contributed by atoms with van der Waals surface area (Å²) in [5, 5.41) is -0.494. The molecule has 1 amide bonds. The lowest BCUT2D eigenvalue weighted by atomic mass is 9.98. The maximum Gasteiger partial charge on any atom is 0.240 e. The molecule has 2 aliphatic rings. The molecule has 6 heteroatoms. The average molecular weight is 388 g/mol. The van der Waals surface area contributed by atoms with Gasteiger partial charge in [0, 0.05) is 24.0 Å². The Morgan fingerprint density at radius 1 is 1.07 bits per heavy atom. The first kappa shape index (κ1) is 18.4. The number of nitrogens with zero attached hydrogens (tertiary/aromatic N) is 1. The van der Waals surface area contributed by atoms with Crippen LogP contribution in [-0.2, 0) is 4.79 Å². The van der Waals surface area contributed by atoms with Gasteiger partial charge in [-0.2, -0.15) is 0 Å². The van der Waals surface area contributed by atoms with Crippen molar-refractivity contribution >= 4 is 17.7 Å². The molecule has 2 fully saturated rings. The summed E-state index contributed by atoms with van der Waals surface area (Å²) >= 11 is 1.26. The van der Waals surface area contributed by atoms with Crippen LogP contribution in [-0.4, -0.2) is 29.9 Å². The molecule has 1 saturated carbocycles. The van der Waals surface area contributed by atoms with Crippen molar-refractivity contribution in [2.75, 3.05) is 13.1 Å². The van der Waals surface area contributed by atoms with Gasteiger partial charge in [0.05, 0.1) is 0 Å². The molecule has 1 heterocycles. The zero-order valence-corrected chi connectivity index (χ0v) is 15.7. The summed E-state index contributed by atoms with van der Waals surface area (Å²) in [6.45, 7) is 1.42. The Kier molecular flexibility index (Phi) is 5.19. The average Bonchev–Trinajstić information content (AvgIpc) is 3.25. The van der Waals surface area contributed by atoms with Crippen LogP contribution in [0.1, 0.15) is 23.7 Å². The van der Waals surface area contributed by atoms with Gasteiger partial charge in [-0.1, -0.05) is 30.3 Å². The highest BCUT2D eigenvalue weighted by molar-refractivity contribution is 8.00. The molecular weight excluding hydrogens is 366 g/mol. The number of thioether (sulfide) groups is 1. The van der Waals surface area contributed by atoms with Crippen LogP contribution in [0.15, 0.2) is 53.4 Å². The number of nitrogens with two attached hydrogens (primary N) is 1. The molecule has 1 aliphatic heterocycles. The number of fused-ring (bicyclic) bond motifs is 1. The minimum atomic E-state index is -0.902. The molecule has 1 saturated heterocycles. The Bertz CT molecular complexity index is 832. The number of carbonyl (C=O) groups excluding carboxylic acids is 1. The van der Waals surface area contributed by atoms with Crippen molar-refractivity contribution in [1.29, 1.82) is 0 Å². The van der Waals surface area contributed by atoms with Crippen LogP contribution >= 0.6 is 11.8 Å². The molecule has 2 aromatic rings. The second-order valence-electron chi connectivity index (χ2n) is 7.39. The van der Waals surface area contributed by atoms with Crippen LogP contribution in [0.3, 0.4) is 0 Å². The third-order valence-corrected chi connectivity index (χ3v) is 6.93. The summed E-state index contributed by atoms with van der Waals surface area (Å²) in [6.07, 6.45) is 2.10. The minimum absolute atomic E-state index is 0.0116. The van der Waals surface area contributed by atoms with Crippen LogP contribution in [0.25, 0.3) is 0 Å². The van der Waals surface area contributed by atoms with Gasteiger partial charge in [-0.25, -0.2) is 8.78 Å². The molecule has 2 N–H and O–H groups in total. The van der Waals surface area contributed by atoms with Crippen LogP contribution in [0.5, 0.6) is 0 Å². The predicted octanol–water partition coefficient (Wildman–Crippen LogP) is 3.99. The largest absolute Gasteiger partial charge is 0.341 e. The van der Waals surface area contributed by atoms with Gasteiger partial charge < -0.3 is 10.6 Å². The molecule has 27 heavy (non-hydrogen) atoms. The molecule has 4 atom stereocenters. The first-order valence-electron chi connectivity index (χ1n) is 9.24. The number of amides is 1. The maximum absolute atomic E-state index is 13.6.